The molecule has 2 rings (SSSR count). The van der Waals surface area contributed by atoms with E-state index in [4.69, 9.17) is 5.11 Å². The molecule has 0 amide bonds. The Bertz CT molecular complexity index is 639. The average molecular weight is 359 g/mol. The summed E-state index contributed by atoms with van der Waals surface area (Å²) < 4.78 is 39.0. The summed E-state index contributed by atoms with van der Waals surface area (Å²) in [4.78, 5) is 11.2. The van der Waals surface area contributed by atoms with Crippen LogP contribution in [-0.4, -0.2) is 26.0 Å². The number of hydrogen-bond donors (Lipinski definition) is 1. The maximum absolute atomic E-state index is 13.0. The first-order valence-corrected chi connectivity index (χ1v) is 8.06. The molecule has 0 saturated carbocycles. The minimum absolute atomic E-state index is 0.103. The monoisotopic (exact) mass is 360 g/mol. The zero-order valence-corrected chi connectivity index (χ0v) is 12.4. The predicted molar refractivity (Wildman–Crippen MR) is 73.9 cm³/mol. The van der Waals surface area contributed by atoms with Crippen LogP contribution in [0, 0.1) is 0 Å². The summed E-state index contributed by atoms with van der Waals surface area (Å²) in [5.41, 5.74) is -0.218. The Morgan fingerprint density at radius 1 is 1.05 bits per heavy atom. The number of halogens is 3. The van der Waals surface area contributed by atoms with Gasteiger partial charge in [-0.3, -0.25) is 0 Å². The number of hydrogen-bond acceptors (Lipinski definition) is 1. The second-order valence-corrected chi connectivity index (χ2v) is 6.33. The molecule has 0 aliphatic heterocycles. The van der Waals surface area contributed by atoms with Crippen molar-refractivity contribution in [3.05, 3.63) is 65.2 Å². The molecular weight excluding hydrogens is 348 g/mol. The van der Waals surface area contributed by atoms with E-state index in [1.54, 1.807) is 12.1 Å². The second kappa shape index (κ2) is 6.33. The van der Waals surface area contributed by atoms with Crippen molar-refractivity contribution < 1.29 is 23.1 Å². The van der Waals surface area contributed by atoms with Crippen LogP contribution in [0.4, 0.5) is 13.2 Å². The van der Waals surface area contributed by atoms with Crippen molar-refractivity contribution in [1.29, 1.82) is 0 Å². The van der Waals surface area contributed by atoms with Crippen molar-refractivity contribution in [2.45, 2.75) is 11.5 Å². The molecule has 1 N–H and O–H groups in total. The fraction of sp³-hybridized carbons (Fsp3) is 0.133. The van der Waals surface area contributed by atoms with Gasteiger partial charge in [-0.15, -0.1) is 0 Å². The molecule has 2 aromatic carbocycles. The van der Waals surface area contributed by atoms with E-state index in [9.17, 15) is 18.0 Å². The SMILES string of the molecule is O=C(O)c1cccc(C(F)(F)F)c1[Se]Cc1ccccc1. The summed E-state index contributed by atoms with van der Waals surface area (Å²) >= 11 is -0.610. The normalized spacial score (nSPS) is 11.4. The first-order valence-electron chi connectivity index (χ1n) is 6.00. The summed E-state index contributed by atoms with van der Waals surface area (Å²) in [7, 11) is 0. The van der Waals surface area contributed by atoms with Gasteiger partial charge in [-0.05, 0) is 0 Å². The molecule has 0 aliphatic carbocycles. The van der Waals surface area contributed by atoms with Crippen LogP contribution in [0.1, 0.15) is 21.5 Å². The van der Waals surface area contributed by atoms with Crippen LogP contribution in [0.15, 0.2) is 48.5 Å². The Morgan fingerprint density at radius 2 is 1.71 bits per heavy atom. The topological polar surface area (TPSA) is 37.3 Å². The first kappa shape index (κ1) is 15.6. The molecule has 0 aliphatic rings. The molecule has 0 fully saturated rings. The quantitative estimate of drug-likeness (QED) is 0.853. The number of alkyl halides is 3. The van der Waals surface area contributed by atoms with Gasteiger partial charge in [0.25, 0.3) is 0 Å². The van der Waals surface area contributed by atoms with Gasteiger partial charge in [0.15, 0.2) is 0 Å². The van der Waals surface area contributed by atoms with Crippen LogP contribution in [-0.2, 0) is 11.5 Å². The Balaban J connectivity index is 2.37. The molecule has 21 heavy (non-hydrogen) atoms. The van der Waals surface area contributed by atoms with Crippen LogP contribution in [0.2, 0.25) is 0 Å². The summed E-state index contributed by atoms with van der Waals surface area (Å²) in [6, 6.07) is 12.4. The Labute approximate surface area is 125 Å². The number of carboxylic acid groups (broad SMARTS) is 1. The third-order valence-electron chi connectivity index (χ3n) is 2.78. The molecule has 0 heterocycles. The molecule has 0 saturated heterocycles. The van der Waals surface area contributed by atoms with E-state index >= 15 is 0 Å². The van der Waals surface area contributed by atoms with Gasteiger partial charge in [-0.1, -0.05) is 0 Å². The van der Waals surface area contributed by atoms with Gasteiger partial charge in [0, 0.05) is 0 Å². The van der Waals surface area contributed by atoms with E-state index in [-0.39, 0.29) is 10.0 Å². The third-order valence-corrected chi connectivity index (χ3v) is 5.31. The van der Waals surface area contributed by atoms with Gasteiger partial charge in [0.2, 0.25) is 0 Å². The Hall–Kier alpha value is -1.78. The number of aromatic carboxylic acids is 1. The molecule has 2 aromatic rings. The zero-order valence-electron chi connectivity index (χ0n) is 10.7. The molecular formula is C15H11F3O2Se. The predicted octanol–water partition coefficient (Wildman–Crippen LogP) is 2.93. The molecule has 110 valence electrons. The van der Waals surface area contributed by atoms with E-state index in [0.717, 1.165) is 17.7 Å². The second-order valence-electron chi connectivity index (χ2n) is 4.26. The molecule has 0 atom stereocenters. The molecule has 0 aromatic heterocycles. The number of carbonyl (C=O) groups is 1. The van der Waals surface area contributed by atoms with E-state index in [1.165, 1.54) is 6.07 Å². The van der Waals surface area contributed by atoms with Crippen LogP contribution < -0.4 is 4.46 Å². The molecule has 0 unspecified atom stereocenters. The Morgan fingerprint density at radius 3 is 2.29 bits per heavy atom. The molecule has 2 nitrogen and oxygen atoms in total. The van der Waals surface area contributed by atoms with Gasteiger partial charge >= 0.3 is 125 Å². The fourth-order valence-corrected chi connectivity index (χ4v) is 4.23. The average Bonchev–Trinajstić information content (AvgIpc) is 2.44. The van der Waals surface area contributed by atoms with Crippen LogP contribution in [0.25, 0.3) is 0 Å². The van der Waals surface area contributed by atoms with Gasteiger partial charge in [0.05, 0.1) is 0 Å². The van der Waals surface area contributed by atoms with Crippen molar-refractivity contribution in [2.75, 3.05) is 0 Å². The van der Waals surface area contributed by atoms with Crippen LogP contribution in [0.5, 0.6) is 0 Å². The van der Waals surface area contributed by atoms with Gasteiger partial charge in [-0.25, -0.2) is 0 Å². The van der Waals surface area contributed by atoms with Crippen molar-refractivity contribution >= 4 is 25.4 Å². The van der Waals surface area contributed by atoms with Crippen LogP contribution in [0.3, 0.4) is 0 Å². The van der Waals surface area contributed by atoms with Crippen LogP contribution >= 0.6 is 0 Å². The van der Waals surface area contributed by atoms with Gasteiger partial charge in [-0.2, -0.15) is 0 Å². The van der Waals surface area contributed by atoms with Crippen molar-refractivity contribution in [2.24, 2.45) is 0 Å². The summed E-state index contributed by atoms with van der Waals surface area (Å²) in [6.45, 7) is 0. The van der Waals surface area contributed by atoms with E-state index in [1.807, 2.05) is 18.2 Å². The fourth-order valence-electron chi connectivity index (χ4n) is 1.81. The van der Waals surface area contributed by atoms with Crippen molar-refractivity contribution in [1.82, 2.24) is 0 Å². The molecule has 0 radical (unpaired) electrons. The van der Waals surface area contributed by atoms with Gasteiger partial charge in [0.1, 0.15) is 0 Å². The van der Waals surface area contributed by atoms with Crippen molar-refractivity contribution in [3.63, 3.8) is 0 Å². The summed E-state index contributed by atoms with van der Waals surface area (Å²) in [5, 5.41) is 9.51. The van der Waals surface area contributed by atoms with Crippen molar-refractivity contribution in [3.8, 4) is 0 Å². The zero-order chi connectivity index (χ0) is 15.5. The molecule has 0 spiro atoms. The summed E-state index contributed by atoms with van der Waals surface area (Å²) in [6.07, 6.45) is -4.54. The summed E-state index contributed by atoms with van der Waals surface area (Å²) in [5.74, 6) is -1.33. The molecule has 0 bridgehead atoms. The van der Waals surface area contributed by atoms with E-state index < -0.39 is 32.7 Å². The maximum atomic E-state index is 13.0. The van der Waals surface area contributed by atoms with E-state index in [0.29, 0.717) is 5.32 Å². The van der Waals surface area contributed by atoms with E-state index in [2.05, 4.69) is 0 Å². The minimum atomic E-state index is -4.54. The third kappa shape index (κ3) is 3.86. The molecule has 6 heteroatoms. The number of rotatable bonds is 4. The number of benzene rings is 2. The number of carboxylic acids is 1. The van der Waals surface area contributed by atoms with Gasteiger partial charge < -0.3 is 0 Å². The first-order chi connectivity index (χ1) is 9.89. The Kier molecular flexibility index (Phi) is 4.70. The standard InChI is InChI=1S/C15H11F3O2Se/c16-15(17,18)12-8-4-7-11(14(19)20)13(12)21-9-10-5-2-1-3-6-10/h1-8H,9H2,(H,19,20).